The number of nitrogens with zero attached hydrogens (tertiary/aromatic N) is 3. The molecule has 156 valence electrons. The van der Waals surface area contributed by atoms with Crippen LogP contribution < -0.4 is 10.1 Å². The summed E-state index contributed by atoms with van der Waals surface area (Å²) in [5.74, 6) is 0.608. The zero-order valence-corrected chi connectivity index (χ0v) is 17.6. The zero-order chi connectivity index (χ0) is 21.7. The van der Waals surface area contributed by atoms with Gasteiger partial charge in [-0.25, -0.2) is 4.39 Å². The first-order valence-corrected chi connectivity index (χ1v) is 10.2. The second kappa shape index (κ2) is 9.53. The topological polar surface area (TPSA) is 86.1 Å². The first-order chi connectivity index (χ1) is 14.3. The van der Waals surface area contributed by atoms with Crippen LogP contribution in [0.25, 0.3) is 0 Å². The summed E-state index contributed by atoms with van der Waals surface area (Å²) in [6.45, 7) is 3.29. The maximum absolute atomic E-state index is 13.0. The van der Waals surface area contributed by atoms with Gasteiger partial charge in [-0.1, -0.05) is 23.9 Å². The van der Waals surface area contributed by atoms with Crippen molar-refractivity contribution in [1.82, 2.24) is 14.8 Å². The van der Waals surface area contributed by atoms with E-state index in [2.05, 4.69) is 15.5 Å². The summed E-state index contributed by atoms with van der Waals surface area (Å²) in [4.78, 5) is 23.7. The molecule has 0 aliphatic heterocycles. The number of carbonyl (C=O) groups excluding carboxylic acids is 2. The summed E-state index contributed by atoms with van der Waals surface area (Å²) in [7, 11) is 1.79. The molecule has 3 rings (SSSR count). The number of halogens is 1. The van der Waals surface area contributed by atoms with Crippen molar-refractivity contribution < 1.29 is 18.7 Å². The van der Waals surface area contributed by atoms with Crippen LogP contribution in [0.15, 0.2) is 53.7 Å². The Balaban J connectivity index is 1.58. The monoisotopic (exact) mass is 428 g/mol. The Bertz CT molecular complexity index is 1050. The smallest absolute Gasteiger partial charge is 0.234 e. The molecule has 0 saturated carbocycles. The van der Waals surface area contributed by atoms with E-state index < -0.39 is 6.10 Å². The van der Waals surface area contributed by atoms with Crippen LogP contribution in [0.1, 0.15) is 36.1 Å². The molecule has 0 aliphatic rings. The molecule has 30 heavy (non-hydrogen) atoms. The lowest BCUT2D eigenvalue weighted by molar-refractivity contribution is -0.113. The molecule has 1 N–H and O–H groups in total. The fraction of sp³-hybridized carbons (Fsp3) is 0.238. The maximum Gasteiger partial charge on any atom is 0.234 e. The molecule has 0 fully saturated rings. The number of amides is 1. The van der Waals surface area contributed by atoms with Crippen LogP contribution in [0.3, 0.4) is 0 Å². The highest BCUT2D eigenvalue weighted by atomic mass is 32.2. The Hall–Kier alpha value is -3.20. The number of Topliss-reactive ketones (excluding diaryl/α,β-unsaturated/α-hetero) is 1. The maximum atomic E-state index is 13.0. The molecule has 1 heterocycles. The fourth-order valence-corrected chi connectivity index (χ4v) is 3.44. The number of ether oxygens (including phenoxy) is 1. The third-order valence-corrected chi connectivity index (χ3v) is 5.26. The van der Waals surface area contributed by atoms with Gasteiger partial charge in [0.05, 0.1) is 5.75 Å². The molecule has 1 atom stereocenters. The average Bonchev–Trinajstić information content (AvgIpc) is 3.09. The van der Waals surface area contributed by atoms with Gasteiger partial charge in [0.15, 0.2) is 22.9 Å². The highest BCUT2D eigenvalue weighted by Crippen LogP contribution is 2.24. The van der Waals surface area contributed by atoms with Gasteiger partial charge < -0.3 is 14.6 Å². The summed E-state index contributed by atoms with van der Waals surface area (Å²) >= 11 is 1.24. The Kier molecular flexibility index (Phi) is 6.83. The Labute approximate surface area is 177 Å². The minimum atomic E-state index is -0.412. The fourth-order valence-electron chi connectivity index (χ4n) is 2.72. The van der Waals surface area contributed by atoms with Crippen molar-refractivity contribution in [3.63, 3.8) is 0 Å². The van der Waals surface area contributed by atoms with Gasteiger partial charge in [0.1, 0.15) is 11.6 Å². The molecule has 7 nitrogen and oxygen atoms in total. The van der Waals surface area contributed by atoms with Gasteiger partial charge in [-0.3, -0.25) is 9.59 Å². The van der Waals surface area contributed by atoms with Crippen molar-refractivity contribution >= 4 is 29.1 Å². The summed E-state index contributed by atoms with van der Waals surface area (Å²) in [5, 5.41) is 11.6. The molecule has 9 heteroatoms. The summed E-state index contributed by atoms with van der Waals surface area (Å²) < 4.78 is 20.6. The number of hydrogen-bond donors (Lipinski definition) is 1. The number of ketones is 1. The van der Waals surface area contributed by atoms with E-state index in [9.17, 15) is 14.0 Å². The van der Waals surface area contributed by atoms with E-state index in [4.69, 9.17) is 4.74 Å². The normalized spacial score (nSPS) is 11.7. The Morgan fingerprint density at radius 1 is 1.20 bits per heavy atom. The molecule has 0 spiro atoms. The molecular formula is C21H21FN4O3S. The summed E-state index contributed by atoms with van der Waals surface area (Å²) in [6.07, 6.45) is -0.412. The van der Waals surface area contributed by atoms with E-state index in [1.54, 1.807) is 48.0 Å². The van der Waals surface area contributed by atoms with Gasteiger partial charge in [0, 0.05) is 18.3 Å². The second-order valence-electron chi connectivity index (χ2n) is 6.59. The zero-order valence-electron chi connectivity index (χ0n) is 16.8. The number of hydrogen-bond acceptors (Lipinski definition) is 6. The number of anilines is 1. The van der Waals surface area contributed by atoms with Gasteiger partial charge in [0.2, 0.25) is 5.91 Å². The number of nitrogens with one attached hydrogen (secondary N) is 1. The molecule has 0 aliphatic carbocycles. The van der Waals surface area contributed by atoms with Crippen molar-refractivity contribution in [2.24, 2.45) is 7.05 Å². The highest BCUT2D eigenvalue weighted by molar-refractivity contribution is 7.99. The van der Waals surface area contributed by atoms with Crippen molar-refractivity contribution in [2.75, 3.05) is 11.1 Å². The molecule has 0 radical (unpaired) electrons. The molecule has 0 bridgehead atoms. The number of carbonyl (C=O) groups is 2. The summed E-state index contributed by atoms with van der Waals surface area (Å²) in [6, 6.07) is 12.5. The third-order valence-electron chi connectivity index (χ3n) is 4.24. The summed E-state index contributed by atoms with van der Waals surface area (Å²) in [5.41, 5.74) is 1.10. The number of aromatic nitrogens is 3. The number of thioether (sulfide) groups is 1. The molecule has 3 aromatic rings. The van der Waals surface area contributed by atoms with Crippen LogP contribution in [0, 0.1) is 5.82 Å². The Morgan fingerprint density at radius 3 is 2.63 bits per heavy atom. The minimum absolute atomic E-state index is 0.0657. The molecule has 0 saturated heterocycles. The minimum Gasteiger partial charge on any atom is -0.483 e. The van der Waals surface area contributed by atoms with Gasteiger partial charge >= 0.3 is 0 Å². The average molecular weight is 428 g/mol. The lowest BCUT2D eigenvalue weighted by Gasteiger charge is -2.14. The third kappa shape index (κ3) is 5.44. The van der Waals surface area contributed by atoms with E-state index in [-0.39, 0.29) is 23.3 Å². The number of rotatable bonds is 8. The van der Waals surface area contributed by atoms with Gasteiger partial charge in [-0.2, -0.15) is 0 Å². The van der Waals surface area contributed by atoms with Crippen LogP contribution in [0.2, 0.25) is 0 Å². The molecule has 1 amide bonds. The first kappa shape index (κ1) is 21.5. The lowest BCUT2D eigenvalue weighted by Crippen LogP contribution is -2.15. The van der Waals surface area contributed by atoms with Gasteiger partial charge in [0.25, 0.3) is 0 Å². The van der Waals surface area contributed by atoms with Crippen molar-refractivity contribution in [3.05, 3.63) is 65.7 Å². The first-order valence-electron chi connectivity index (χ1n) is 9.18. The quantitative estimate of drug-likeness (QED) is 0.431. The van der Waals surface area contributed by atoms with Crippen molar-refractivity contribution in [3.8, 4) is 5.75 Å². The molecule has 1 aromatic heterocycles. The van der Waals surface area contributed by atoms with E-state index >= 15 is 0 Å². The molecule has 2 aromatic carbocycles. The van der Waals surface area contributed by atoms with Gasteiger partial charge in [-0.05, 0) is 50.2 Å². The van der Waals surface area contributed by atoms with Crippen LogP contribution >= 0.6 is 11.8 Å². The number of benzene rings is 2. The SMILES string of the molecule is CC(=O)c1cccc(NC(=O)CSc2nnc(C(C)Oc3ccc(F)cc3)n2C)c1. The van der Waals surface area contributed by atoms with Crippen molar-refractivity contribution in [1.29, 1.82) is 0 Å². The Morgan fingerprint density at radius 2 is 1.93 bits per heavy atom. The largest absolute Gasteiger partial charge is 0.483 e. The predicted molar refractivity (Wildman–Crippen MR) is 112 cm³/mol. The van der Waals surface area contributed by atoms with Gasteiger partial charge in [-0.15, -0.1) is 10.2 Å². The van der Waals surface area contributed by atoms with E-state index in [1.165, 1.54) is 30.8 Å². The van der Waals surface area contributed by atoms with E-state index in [0.29, 0.717) is 28.0 Å². The van der Waals surface area contributed by atoms with Crippen LogP contribution in [-0.2, 0) is 11.8 Å². The van der Waals surface area contributed by atoms with Crippen LogP contribution in [0.4, 0.5) is 10.1 Å². The predicted octanol–water partition coefficient (Wildman–Crippen LogP) is 4.03. The van der Waals surface area contributed by atoms with E-state index in [1.807, 2.05) is 6.92 Å². The molecular weight excluding hydrogens is 407 g/mol. The highest BCUT2D eigenvalue weighted by Gasteiger charge is 2.18. The van der Waals surface area contributed by atoms with Crippen LogP contribution in [-0.4, -0.2) is 32.2 Å². The van der Waals surface area contributed by atoms with Crippen LogP contribution in [0.5, 0.6) is 5.75 Å². The molecule has 1 unspecified atom stereocenters. The van der Waals surface area contributed by atoms with Crippen molar-refractivity contribution in [2.45, 2.75) is 25.1 Å². The lowest BCUT2D eigenvalue weighted by atomic mass is 10.1. The standard InChI is InChI=1S/C21H21FN4O3S/c1-13(27)15-5-4-6-17(11-15)23-19(28)12-30-21-25-24-20(26(21)3)14(2)29-18-9-7-16(22)8-10-18/h4-11,14H,12H2,1-3H3,(H,23,28). The van der Waals surface area contributed by atoms with E-state index in [0.717, 1.165) is 0 Å². The second-order valence-corrected chi connectivity index (χ2v) is 7.53.